The molecule has 0 bridgehead atoms. The molecule has 0 aliphatic carbocycles. The zero-order valence-corrected chi connectivity index (χ0v) is 8.56. The second kappa shape index (κ2) is 6.79. The Labute approximate surface area is 89.5 Å². The van der Waals surface area contributed by atoms with E-state index in [2.05, 4.69) is 0 Å². The molecule has 0 saturated carbocycles. The van der Waals surface area contributed by atoms with Gasteiger partial charge >= 0.3 is 0 Å². The van der Waals surface area contributed by atoms with Gasteiger partial charge in [0, 0.05) is 6.42 Å². The van der Waals surface area contributed by atoms with Crippen molar-refractivity contribution >= 4 is 12.0 Å². The van der Waals surface area contributed by atoms with Crippen LogP contribution in [0.2, 0.25) is 0 Å². The predicted octanol–water partition coefficient (Wildman–Crippen LogP) is 1.59. The van der Waals surface area contributed by atoms with Crippen molar-refractivity contribution in [2.45, 2.75) is 6.42 Å². The van der Waals surface area contributed by atoms with Gasteiger partial charge in [-0.2, -0.15) is 0 Å². The predicted molar refractivity (Wildman–Crippen MR) is 60.1 cm³/mol. The molecular weight excluding hydrogens is 190 g/mol. The zero-order valence-electron chi connectivity index (χ0n) is 8.56. The molecule has 1 aromatic carbocycles. The maximum atomic E-state index is 10.4. The Morgan fingerprint density at radius 2 is 2.07 bits per heavy atom. The summed E-state index contributed by atoms with van der Waals surface area (Å²) in [7, 11) is 0. The second-order valence-electron chi connectivity index (χ2n) is 3.10. The molecule has 2 N–H and O–H groups in total. The summed E-state index contributed by atoms with van der Waals surface area (Å²) in [6.45, 7) is 0.886. The van der Waals surface area contributed by atoms with E-state index in [0.29, 0.717) is 13.2 Å². The van der Waals surface area contributed by atoms with Crippen LogP contribution >= 0.6 is 0 Å². The molecule has 0 spiro atoms. The number of benzene rings is 1. The van der Waals surface area contributed by atoms with Gasteiger partial charge in [-0.3, -0.25) is 4.79 Å². The van der Waals surface area contributed by atoms with Crippen molar-refractivity contribution in [2.24, 2.45) is 5.73 Å². The first-order chi connectivity index (χ1) is 7.29. The SMILES string of the molecule is NC(=O)CCOCC=Cc1ccccc1. The third-order valence-corrected chi connectivity index (χ3v) is 1.82. The van der Waals surface area contributed by atoms with Crippen LogP contribution in [0.25, 0.3) is 6.08 Å². The van der Waals surface area contributed by atoms with Crippen LogP contribution in [-0.2, 0) is 9.53 Å². The minimum atomic E-state index is -0.331. The molecule has 15 heavy (non-hydrogen) atoms. The molecule has 0 aliphatic rings. The van der Waals surface area contributed by atoms with Crippen LogP contribution in [0.15, 0.2) is 36.4 Å². The Morgan fingerprint density at radius 3 is 2.73 bits per heavy atom. The van der Waals surface area contributed by atoms with Gasteiger partial charge in [-0.15, -0.1) is 0 Å². The fraction of sp³-hybridized carbons (Fsp3) is 0.250. The Hall–Kier alpha value is -1.61. The lowest BCUT2D eigenvalue weighted by atomic mass is 10.2. The molecule has 0 atom stereocenters. The summed E-state index contributed by atoms with van der Waals surface area (Å²) in [5, 5.41) is 0. The summed E-state index contributed by atoms with van der Waals surface area (Å²) < 4.78 is 5.18. The third kappa shape index (κ3) is 5.65. The van der Waals surface area contributed by atoms with Crippen molar-refractivity contribution in [3.8, 4) is 0 Å². The van der Waals surface area contributed by atoms with E-state index in [0.717, 1.165) is 5.56 Å². The lowest BCUT2D eigenvalue weighted by Gasteiger charge is -1.97. The smallest absolute Gasteiger partial charge is 0.219 e. The highest BCUT2D eigenvalue weighted by molar-refractivity contribution is 5.73. The highest BCUT2D eigenvalue weighted by Crippen LogP contribution is 2.00. The fourth-order valence-corrected chi connectivity index (χ4v) is 1.07. The van der Waals surface area contributed by atoms with Crippen molar-refractivity contribution in [3.05, 3.63) is 42.0 Å². The molecule has 0 saturated heterocycles. The minimum Gasteiger partial charge on any atom is -0.377 e. The van der Waals surface area contributed by atoms with Crippen LogP contribution in [-0.4, -0.2) is 19.1 Å². The maximum absolute atomic E-state index is 10.4. The largest absolute Gasteiger partial charge is 0.377 e. The average molecular weight is 205 g/mol. The van der Waals surface area contributed by atoms with Crippen LogP contribution in [0.4, 0.5) is 0 Å². The number of amides is 1. The van der Waals surface area contributed by atoms with E-state index in [-0.39, 0.29) is 12.3 Å². The molecule has 1 amide bonds. The molecule has 0 radical (unpaired) electrons. The van der Waals surface area contributed by atoms with Gasteiger partial charge in [-0.25, -0.2) is 0 Å². The number of nitrogens with two attached hydrogens (primary N) is 1. The summed E-state index contributed by atoms with van der Waals surface area (Å²) in [5.41, 5.74) is 6.10. The van der Waals surface area contributed by atoms with E-state index in [1.807, 2.05) is 42.5 Å². The second-order valence-corrected chi connectivity index (χ2v) is 3.10. The molecule has 0 aromatic heterocycles. The molecule has 0 fully saturated rings. The third-order valence-electron chi connectivity index (χ3n) is 1.82. The van der Waals surface area contributed by atoms with Gasteiger partial charge in [-0.1, -0.05) is 42.5 Å². The van der Waals surface area contributed by atoms with Gasteiger partial charge in [0.05, 0.1) is 13.2 Å². The van der Waals surface area contributed by atoms with E-state index < -0.39 is 0 Å². The normalized spacial score (nSPS) is 10.7. The molecule has 0 unspecified atom stereocenters. The molecular formula is C12H15NO2. The summed E-state index contributed by atoms with van der Waals surface area (Å²) in [5.74, 6) is -0.331. The Morgan fingerprint density at radius 1 is 1.33 bits per heavy atom. The van der Waals surface area contributed by atoms with Gasteiger partial charge in [-0.05, 0) is 5.56 Å². The lowest BCUT2D eigenvalue weighted by molar-refractivity contribution is -0.118. The number of hydrogen-bond donors (Lipinski definition) is 1. The molecule has 3 nitrogen and oxygen atoms in total. The monoisotopic (exact) mass is 205 g/mol. The molecule has 1 aromatic rings. The lowest BCUT2D eigenvalue weighted by Crippen LogP contribution is -2.13. The van der Waals surface area contributed by atoms with Crippen LogP contribution in [0.3, 0.4) is 0 Å². The number of carbonyl (C=O) groups is 1. The highest BCUT2D eigenvalue weighted by Gasteiger charge is 1.91. The first kappa shape index (κ1) is 11.5. The molecule has 3 heteroatoms. The van der Waals surface area contributed by atoms with Crippen molar-refractivity contribution in [3.63, 3.8) is 0 Å². The molecule has 1 rings (SSSR count). The van der Waals surface area contributed by atoms with Crippen molar-refractivity contribution in [1.82, 2.24) is 0 Å². The number of ether oxygens (including phenoxy) is 1. The van der Waals surface area contributed by atoms with Gasteiger partial charge in [0.25, 0.3) is 0 Å². The Kier molecular flexibility index (Phi) is 5.19. The van der Waals surface area contributed by atoms with E-state index in [1.54, 1.807) is 0 Å². The van der Waals surface area contributed by atoms with Gasteiger partial charge in [0.2, 0.25) is 5.91 Å². The number of carbonyl (C=O) groups excluding carboxylic acids is 1. The quantitative estimate of drug-likeness (QED) is 0.717. The zero-order chi connectivity index (χ0) is 10.9. The summed E-state index contributed by atoms with van der Waals surface area (Å²) >= 11 is 0. The van der Waals surface area contributed by atoms with Crippen LogP contribution in [0.1, 0.15) is 12.0 Å². The summed E-state index contributed by atoms with van der Waals surface area (Å²) in [6.07, 6.45) is 4.17. The van der Waals surface area contributed by atoms with E-state index in [9.17, 15) is 4.79 Å². The van der Waals surface area contributed by atoms with Gasteiger partial charge in [0.1, 0.15) is 0 Å². The highest BCUT2D eigenvalue weighted by atomic mass is 16.5. The Bertz CT molecular complexity index is 320. The van der Waals surface area contributed by atoms with E-state index in [4.69, 9.17) is 10.5 Å². The molecule has 0 heterocycles. The van der Waals surface area contributed by atoms with Crippen LogP contribution < -0.4 is 5.73 Å². The van der Waals surface area contributed by atoms with Gasteiger partial charge < -0.3 is 10.5 Å². The fourth-order valence-electron chi connectivity index (χ4n) is 1.07. The molecule has 0 aliphatic heterocycles. The maximum Gasteiger partial charge on any atom is 0.219 e. The van der Waals surface area contributed by atoms with Gasteiger partial charge in [0.15, 0.2) is 0 Å². The average Bonchev–Trinajstić information content (AvgIpc) is 2.24. The first-order valence-corrected chi connectivity index (χ1v) is 4.86. The van der Waals surface area contributed by atoms with E-state index in [1.165, 1.54) is 0 Å². The number of rotatable bonds is 6. The standard InChI is InChI=1S/C12H15NO2/c13-12(14)8-10-15-9-4-7-11-5-2-1-3-6-11/h1-7H,8-10H2,(H2,13,14). The van der Waals surface area contributed by atoms with Crippen molar-refractivity contribution in [1.29, 1.82) is 0 Å². The van der Waals surface area contributed by atoms with Crippen LogP contribution in [0.5, 0.6) is 0 Å². The van der Waals surface area contributed by atoms with E-state index >= 15 is 0 Å². The first-order valence-electron chi connectivity index (χ1n) is 4.86. The molecule has 80 valence electrons. The van der Waals surface area contributed by atoms with Crippen molar-refractivity contribution < 1.29 is 9.53 Å². The summed E-state index contributed by atoms with van der Waals surface area (Å²) in [6, 6.07) is 9.96. The topological polar surface area (TPSA) is 52.3 Å². The number of primary amides is 1. The minimum absolute atomic E-state index is 0.277. The van der Waals surface area contributed by atoms with Crippen molar-refractivity contribution in [2.75, 3.05) is 13.2 Å². The Balaban J connectivity index is 2.15. The summed E-state index contributed by atoms with van der Waals surface area (Å²) in [4.78, 5) is 10.4. The van der Waals surface area contributed by atoms with Crippen LogP contribution in [0, 0.1) is 0 Å². The number of hydrogen-bond acceptors (Lipinski definition) is 2.